The van der Waals surface area contributed by atoms with Gasteiger partial charge in [-0.3, -0.25) is 4.90 Å². The maximum Gasteiger partial charge on any atom is 0.0415 e. The molecule has 0 aromatic heterocycles. The fourth-order valence-corrected chi connectivity index (χ4v) is 3.79. The Kier molecular flexibility index (Phi) is 4.27. The molecule has 0 saturated carbocycles. The molecule has 3 nitrogen and oxygen atoms in total. The van der Waals surface area contributed by atoms with Crippen LogP contribution in [0.3, 0.4) is 0 Å². The molecule has 2 heterocycles. The van der Waals surface area contributed by atoms with Gasteiger partial charge in [-0.1, -0.05) is 26.0 Å². The van der Waals surface area contributed by atoms with E-state index in [1.54, 1.807) is 11.1 Å². The lowest BCUT2D eigenvalue weighted by molar-refractivity contribution is 0.232. The number of hydrogen-bond acceptors (Lipinski definition) is 3. The minimum atomic E-state index is 0.734. The molecule has 3 rings (SSSR count). The van der Waals surface area contributed by atoms with Crippen molar-refractivity contribution in [3.8, 4) is 0 Å². The van der Waals surface area contributed by atoms with Crippen LogP contribution in [0.25, 0.3) is 0 Å². The van der Waals surface area contributed by atoms with Gasteiger partial charge in [0.2, 0.25) is 0 Å². The fraction of sp³-hybridized carbons (Fsp3) is 0.647. The quantitative estimate of drug-likeness (QED) is 0.908. The van der Waals surface area contributed by atoms with E-state index in [1.165, 1.54) is 44.7 Å². The van der Waals surface area contributed by atoms with Crippen LogP contribution in [0, 0.1) is 0 Å². The highest BCUT2D eigenvalue weighted by molar-refractivity contribution is 5.58. The summed E-state index contributed by atoms with van der Waals surface area (Å²) >= 11 is 0. The van der Waals surface area contributed by atoms with Gasteiger partial charge in [0, 0.05) is 31.4 Å². The largest absolute Gasteiger partial charge is 0.370 e. The molecular formula is C17H27N3. The number of hydrogen-bond donors (Lipinski definition) is 1. The smallest absolute Gasteiger partial charge is 0.0415 e. The molecule has 0 radical (unpaired) electrons. The minimum Gasteiger partial charge on any atom is -0.370 e. The Morgan fingerprint density at radius 2 is 2.15 bits per heavy atom. The van der Waals surface area contributed by atoms with Crippen LogP contribution in [-0.4, -0.2) is 43.7 Å². The highest BCUT2D eigenvalue weighted by atomic mass is 15.3. The van der Waals surface area contributed by atoms with Crippen LogP contribution in [0.15, 0.2) is 18.2 Å². The van der Waals surface area contributed by atoms with Crippen LogP contribution in [0.2, 0.25) is 0 Å². The van der Waals surface area contributed by atoms with Gasteiger partial charge in [-0.05, 0) is 49.7 Å². The Morgan fingerprint density at radius 1 is 1.30 bits per heavy atom. The Hall–Kier alpha value is -1.06. The average molecular weight is 273 g/mol. The van der Waals surface area contributed by atoms with E-state index in [0.29, 0.717) is 0 Å². The van der Waals surface area contributed by atoms with Crippen LogP contribution >= 0.6 is 0 Å². The SMILES string of the molecule is CCN(CC)C1CCN(c2cccc3c2CNCC3)C1. The second kappa shape index (κ2) is 6.15. The monoisotopic (exact) mass is 273 g/mol. The molecule has 1 unspecified atom stereocenters. The summed E-state index contributed by atoms with van der Waals surface area (Å²) in [5.74, 6) is 0. The average Bonchev–Trinajstić information content (AvgIpc) is 2.97. The van der Waals surface area contributed by atoms with Gasteiger partial charge in [0.1, 0.15) is 0 Å². The third kappa shape index (κ3) is 2.57. The Balaban J connectivity index is 1.78. The molecule has 1 N–H and O–H groups in total. The summed E-state index contributed by atoms with van der Waals surface area (Å²) in [5.41, 5.74) is 4.57. The van der Waals surface area contributed by atoms with E-state index in [4.69, 9.17) is 0 Å². The lowest BCUT2D eigenvalue weighted by Crippen LogP contribution is -2.37. The zero-order chi connectivity index (χ0) is 13.9. The van der Waals surface area contributed by atoms with Crippen molar-refractivity contribution in [1.29, 1.82) is 0 Å². The zero-order valence-electron chi connectivity index (χ0n) is 12.9. The van der Waals surface area contributed by atoms with Gasteiger partial charge in [-0.15, -0.1) is 0 Å². The predicted molar refractivity (Wildman–Crippen MR) is 85.4 cm³/mol. The maximum absolute atomic E-state index is 3.52. The maximum atomic E-state index is 3.52. The van der Waals surface area contributed by atoms with Crippen LogP contribution < -0.4 is 10.2 Å². The van der Waals surface area contributed by atoms with E-state index in [9.17, 15) is 0 Å². The van der Waals surface area contributed by atoms with Crippen molar-refractivity contribution in [1.82, 2.24) is 10.2 Å². The Bertz CT molecular complexity index is 454. The lowest BCUT2D eigenvalue weighted by atomic mass is 9.99. The van der Waals surface area contributed by atoms with Crippen molar-refractivity contribution in [3.63, 3.8) is 0 Å². The summed E-state index contributed by atoms with van der Waals surface area (Å²) < 4.78 is 0. The van der Waals surface area contributed by atoms with Crippen molar-refractivity contribution in [2.75, 3.05) is 37.6 Å². The standard InChI is InChI=1S/C17H27N3/c1-3-19(4-2)15-9-11-20(13-15)17-7-5-6-14-8-10-18-12-16(14)17/h5-7,15,18H,3-4,8-13H2,1-2H3. The minimum absolute atomic E-state index is 0.734. The van der Waals surface area contributed by atoms with Crippen LogP contribution in [0.1, 0.15) is 31.4 Å². The second-order valence-electron chi connectivity index (χ2n) is 5.95. The molecule has 2 aliphatic heterocycles. The van der Waals surface area contributed by atoms with E-state index in [2.05, 4.69) is 47.2 Å². The summed E-state index contributed by atoms with van der Waals surface area (Å²) in [6, 6.07) is 7.59. The fourth-order valence-electron chi connectivity index (χ4n) is 3.79. The summed E-state index contributed by atoms with van der Waals surface area (Å²) in [6.07, 6.45) is 2.48. The molecule has 2 aliphatic rings. The first-order chi connectivity index (χ1) is 9.83. The van der Waals surface area contributed by atoms with Gasteiger partial charge in [0.05, 0.1) is 0 Å². The van der Waals surface area contributed by atoms with Gasteiger partial charge >= 0.3 is 0 Å². The molecular weight excluding hydrogens is 246 g/mol. The highest BCUT2D eigenvalue weighted by Gasteiger charge is 2.28. The van der Waals surface area contributed by atoms with E-state index in [0.717, 1.165) is 19.1 Å². The van der Waals surface area contributed by atoms with Gasteiger partial charge in [0.25, 0.3) is 0 Å². The van der Waals surface area contributed by atoms with Crippen molar-refractivity contribution in [3.05, 3.63) is 29.3 Å². The van der Waals surface area contributed by atoms with Crippen molar-refractivity contribution in [2.45, 2.75) is 39.3 Å². The van der Waals surface area contributed by atoms with Crippen molar-refractivity contribution < 1.29 is 0 Å². The zero-order valence-corrected chi connectivity index (χ0v) is 12.9. The number of fused-ring (bicyclic) bond motifs is 1. The van der Waals surface area contributed by atoms with Crippen LogP contribution in [-0.2, 0) is 13.0 Å². The third-order valence-corrected chi connectivity index (χ3v) is 4.95. The number of anilines is 1. The van der Waals surface area contributed by atoms with E-state index >= 15 is 0 Å². The molecule has 0 bridgehead atoms. The molecule has 3 heteroatoms. The molecule has 110 valence electrons. The summed E-state index contributed by atoms with van der Waals surface area (Å²) in [4.78, 5) is 5.21. The number of likely N-dealkylation sites (N-methyl/N-ethyl adjacent to an activating group) is 1. The molecule has 1 saturated heterocycles. The van der Waals surface area contributed by atoms with E-state index in [-0.39, 0.29) is 0 Å². The lowest BCUT2D eigenvalue weighted by Gasteiger charge is -2.29. The topological polar surface area (TPSA) is 18.5 Å². The molecule has 0 amide bonds. The Morgan fingerprint density at radius 3 is 2.95 bits per heavy atom. The van der Waals surface area contributed by atoms with Gasteiger partial charge in [-0.25, -0.2) is 0 Å². The highest BCUT2D eigenvalue weighted by Crippen LogP contribution is 2.30. The van der Waals surface area contributed by atoms with Gasteiger partial charge in [-0.2, -0.15) is 0 Å². The summed E-state index contributed by atoms with van der Waals surface area (Å²) in [5, 5.41) is 3.52. The normalized spacial score (nSPS) is 22.4. The van der Waals surface area contributed by atoms with Crippen molar-refractivity contribution >= 4 is 5.69 Å². The first-order valence-electron chi connectivity index (χ1n) is 8.14. The Labute approximate surface area is 123 Å². The van der Waals surface area contributed by atoms with Gasteiger partial charge in [0.15, 0.2) is 0 Å². The molecule has 1 aromatic rings. The molecule has 1 fully saturated rings. The van der Waals surface area contributed by atoms with Crippen LogP contribution in [0.5, 0.6) is 0 Å². The summed E-state index contributed by atoms with van der Waals surface area (Å²) in [7, 11) is 0. The van der Waals surface area contributed by atoms with E-state index < -0.39 is 0 Å². The number of nitrogens with zero attached hydrogens (tertiary/aromatic N) is 2. The molecule has 0 spiro atoms. The molecule has 1 atom stereocenters. The third-order valence-electron chi connectivity index (χ3n) is 4.95. The summed E-state index contributed by atoms with van der Waals surface area (Å²) in [6.45, 7) is 11.5. The number of rotatable bonds is 4. The molecule has 1 aromatic carbocycles. The van der Waals surface area contributed by atoms with Crippen molar-refractivity contribution in [2.24, 2.45) is 0 Å². The van der Waals surface area contributed by atoms with E-state index in [1.807, 2.05) is 0 Å². The number of nitrogens with one attached hydrogen (secondary N) is 1. The first kappa shape index (κ1) is 13.9. The molecule has 20 heavy (non-hydrogen) atoms. The predicted octanol–water partition coefficient (Wildman–Crippen LogP) is 2.25. The first-order valence-corrected chi connectivity index (χ1v) is 8.14. The van der Waals surface area contributed by atoms with Gasteiger partial charge < -0.3 is 10.2 Å². The number of benzene rings is 1. The van der Waals surface area contributed by atoms with Crippen LogP contribution in [0.4, 0.5) is 5.69 Å². The second-order valence-corrected chi connectivity index (χ2v) is 5.95. The molecule has 0 aliphatic carbocycles.